The molecule has 2 atom stereocenters. The number of allylic oxidation sites excluding steroid dienone is 2. The largest absolute Gasteiger partial charge is 0.458 e. The number of hydrogen-bond acceptors (Lipinski definition) is 4. The average molecular weight is 440 g/mol. The molecule has 0 amide bonds. The van der Waals surface area contributed by atoms with Crippen molar-refractivity contribution in [3.05, 3.63) is 54.3 Å². The smallest absolute Gasteiger partial charge is 0.158 e. The van der Waals surface area contributed by atoms with E-state index in [0.29, 0.717) is 17.8 Å². The molecule has 1 aromatic carbocycles. The van der Waals surface area contributed by atoms with E-state index in [-0.39, 0.29) is 5.38 Å². The van der Waals surface area contributed by atoms with E-state index in [0.717, 1.165) is 12.0 Å². The summed E-state index contributed by atoms with van der Waals surface area (Å²) in [5, 5.41) is 3.55. The third-order valence-electron chi connectivity index (χ3n) is 2.47. The van der Waals surface area contributed by atoms with Gasteiger partial charge in [-0.25, -0.2) is 4.39 Å². The third kappa shape index (κ3) is 18.2. The first-order valence-corrected chi connectivity index (χ1v) is 10.5. The monoisotopic (exact) mass is 439 g/mol. The number of aldehydes is 1. The van der Waals surface area contributed by atoms with E-state index in [9.17, 15) is 9.18 Å². The van der Waals surface area contributed by atoms with E-state index in [1.54, 1.807) is 44.6 Å². The Morgan fingerprint density at radius 2 is 1.85 bits per heavy atom. The second-order valence-electron chi connectivity index (χ2n) is 5.76. The predicted molar refractivity (Wildman–Crippen MR) is 116 cm³/mol. The van der Waals surface area contributed by atoms with Crippen LogP contribution in [0, 0.1) is 0 Å². The lowest BCUT2D eigenvalue weighted by Crippen LogP contribution is -2.37. The van der Waals surface area contributed by atoms with Crippen LogP contribution in [0.3, 0.4) is 0 Å². The van der Waals surface area contributed by atoms with Crippen molar-refractivity contribution in [2.75, 3.05) is 20.9 Å². The molecule has 1 aromatic rings. The van der Waals surface area contributed by atoms with E-state index < -0.39 is 13.8 Å². The lowest BCUT2D eigenvalue weighted by atomic mass is 10.1. The van der Waals surface area contributed by atoms with E-state index in [1.165, 1.54) is 6.08 Å². The second-order valence-corrected chi connectivity index (χ2v) is 8.16. The van der Waals surface area contributed by atoms with Crippen molar-refractivity contribution < 1.29 is 18.4 Å². The van der Waals surface area contributed by atoms with Crippen LogP contribution in [-0.2, 0) is 9.53 Å². The minimum absolute atomic E-state index is 0.238. The van der Waals surface area contributed by atoms with Crippen LogP contribution in [-0.4, -0.2) is 38.1 Å². The molecule has 0 aliphatic carbocycles. The van der Waals surface area contributed by atoms with Gasteiger partial charge in [-0.15, -0.1) is 18.2 Å². The van der Waals surface area contributed by atoms with Crippen molar-refractivity contribution in [3.63, 3.8) is 0 Å². The Bertz CT molecular complexity index is 542. The number of methoxy groups -OCH3 is 1. The Kier molecular flexibility index (Phi) is 17.9. The zero-order valence-electron chi connectivity index (χ0n) is 16.4. The number of hydrogen-bond donors (Lipinski definition) is 1. The maximum absolute atomic E-state index is 11.3. The van der Waals surface area contributed by atoms with Gasteiger partial charge in [0.25, 0.3) is 0 Å². The highest BCUT2D eigenvalue weighted by Gasteiger charge is 2.20. The number of benzene rings is 1. The summed E-state index contributed by atoms with van der Waals surface area (Å²) in [5.74, 6) is 0.743. The number of rotatable bonds is 8. The van der Waals surface area contributed by atoms with Gasteiger partial charge in [0.1, 0.15) is 12.0 Å². The SMILES string of the molecule is C=CCC(Cl)/C=C/F.COC.CP(NC(C)(C)C=O)Oc1ccc(Cl)cc1. The van der Waals surface area contributed by atoms with Crippen LogP contribution in [0.1, 0.15) is 20.3 Å². The fraction of sp³-hybridized carbons (Fsp3) is 0.421. The number of halogens is 3. The molecule has 154 valence electrons. The van der Waals surface area contributed by atoms with Gasteiger partial charge in [-0.2, -0.15) is 0 Å². The fourth-order valence-corrected chi connectivity index (χ4v) is 3.08. The molecule has 2 unspecified atom stereocenters. The van der Waals surface area contributed by atoms with E-state index in [1.807, 2.05) is 20.5 Å². The van der Waals surface area contributed by atoms with Crippen LogP contribution in [0.25, 0.3) is 0 Å². The van der Waals surface area contributed by atoms with Gasteiger partial charge in [0.2, 0.25) is 0 Å². The number of carbonyl (C=O) groups is 1. The van der Waals surface area contributed by atoms with Crippen molar-refractivity contribution in [3.8, 4) is 5.75 Å². The lowest BCUT2D eigenvalue weighted by molar-refractivity contribution is -0.111. The molecule has 27 heavy (non-hydrogen) atoms. The summed E-state index contributed by atoms with van der Waals surface area (Å²) in [6.45, 7) is 8.97. The lowest BCUT2D eigenvalue weighted by Gasteiger charge is -2.24. The number of carbonyl (C=O) groups excluding carboxylic acids is 1. The van der Waals surface area contributed by atoms with Gasteiger partial charge in [-0.1, -0.05) is 17.7 Å². The fourth-order valence-electron chi connectivity index (χ4n) is 1.43. The van der Waals surface area contributed by atoms with Gasteiger partial charge in [0.05, 0.1) is 17.2 Å². The van der Waals surface area contributed by atoms with Crippen molar-refractivity contribution in [1.29, 1.82) is 0 Å². The molecule has 1 rings (SSSR count). The summed E-state index contributed by atoms with van der Waals surface area (Å²) < 4.78 is 21.2. The molecule has 0 bridgehead atoms. The molecule has 0 spiro atoms. The van der Waals surface area contributed by atoms with Gasteiger partial charge in [-0.3, -0.25) is 5.09 Å². The van der Waals surface area contributed by atoms with Crippen molar-refractivity contribution in [1.82, 2.24) is 5.09 Å². The van der Waals surface area contributed by atoms with E-state index in [4.69, 9.17) is 27.7 Å². The molecule has 8 heteroatoms. The molecule has 1 N–H and O–H groups in total. The summed E-state index contributed by atoms with van der Waals surface area (Å²) in [4.78, 5) is 10.7. The zero-order chi connectivity index (χ0) is 21.3. The molecule has 0 radical (unpaired) electrons. The van der Waals surface area contributed by atoms with Gasteiger partial charge < -0.3 is 14.1 Å². The van der Waals surface area contributed by atoms with Crippen LogP contribution in [0.2, 0.25) is 5.02 Å². The first-order chi connectivity index (χ1) is 12.6. The first kappa shape index (κ1) is 28.2. The van der Waals surface area contributed by atoms with Crippen molar-refractivity contribution >= 4 is 37.8 Å². The highest BCUT2D eigenvalue weighted by Crippen LogP contribution is 2.32. The molecule has 4 nitrogen and oxygen atoms in total. The zero-order valence-corrected chi connectivity index (χ0v) is 18.8. The summed E-state index contributed by atoms with van der Waals surface area (Å²) in [5.41, 5.74) is -0.563. The molecule has 0 heterocycles. The van der Waals surface area contributed by atoms with E-state index in [2.05, 4.69) is 16.4 Å². The molecule has 0 aliphatic heterocycles. The Morgan fingerprint density at radius 3 is 2.26 bits per heavy atom. The molecular formula is C19H29Cl2FNO3P. The van der Waals surface area contributed by atoms with Crippen LogP contribution in [0.15, 0.2) is 49.3 Å². The van der Waals surface area contributed by atoms with Crippen LogP contribution in [0.4, 0.5) is 4.39 Å². The summed E-state index contributed by atoms with van der Waals surface area (Å²) >= 11 is 11.2. The summed E-state index contributed by atoms with van der Waals surface area (Å²) in [6, 6.07) is 7.14. The topological polar surface area (TPSA) is 47.6 Å². The number of nitrogens with one attached hydrogen (secondary N) is 1. The third-order valence-corrected chi connectivity index (χ3v) is 4.42. The Hall–Kier alpha value is -0.970. The van der Waals surface area contributed by atoms with Crippen molar-refractivity contribution in [2.45, 2.75) is 31.2 Å². The Balaban J connectivity index is 0. The highest BCUT2D eigenvalue weighted by atomic mass is 35.5. The summed E-state index contributed by atoms with van der Waals surface area (Å²) in [6.07, 6.45) is 4.86. The van der Waals surface area contributed by atoms with Gasteiger partial charge >= 0.3 is 0 Å². The van der Waals surface area contributed by atoms with Crippen LogP contribution in [0.5, 0.6) is 5.75 Å². The van der Waals surface area contributed by atoms with Crippen LogP contribution >= 0.6 is 31.5 Å². The van der Waals surface area contributed by atoms with Gasteiger partial charge in [0.15, 0.2) is 8.30 Å². The quantitative estimate of drug-likeness (QED) is 0.228. The maximum atomic E-state index is 11.3. The minimum atomic E-state index is -0.885. The molecule has 0 aromatic heterocycles. The Morgan fingerprint density at radius 1 is 1.33 bits per heavy atom. The average Bonchev–Trinajstić information content (AvgIpc) is 2.58. The molecule has 0 saturated heterocycles. The first-order valence-electron chi connectivity index (χ1n) is 7.99. The van der Waals surface area contributed by atoms with Crippen molar-refractivity contribution in [2.24, 2.45) is 0 Å². The second kappa shape index (κ2) is 17.2. The molecule has 0 fully saturated rings. The van der Waals surface area contributed by atoms with Crippen LogP contribution < -0.4 is 9.61 Å². The normalized spacial score (nSPS) is 12.7. The highest BCUT2D eigenvalue weighted by molar-refractivity contribution is 7.50. The molecular weight excluding hydrogens is 411 g/mol. The molecule has 0 saturated carbocycles. The predicted octanol–water partition coefficient (Wildman–Crippen LogP) is 6.14. The summed E-state index contributed by atoms with van der Waals surface area (Å²) in [7, 11) is 2.37. The molecule has 0 aliphatic rings. The minimum Gasteiger partial charge on any atom is -0.458 e. The number of ether oxygens (including phenoxy) is 1. The standard InChI is InChI=1S/C11H15ClNO2P.C6H8ClF.C2H6O/c1-11(2,8-14)13-16(3)15-10-6-4-9(12)5-7-10;1-2-3-6(7)4-5-8;1-3-2/h4-8,13H,1-3H3;2,4-6H,1,3H2;1-2H3/b;5-4+;. The van der Waals surface area contributed by atoms with Gasteiger partial charge in [0, 0.05) is 25.9 Å². The maximum Gasteiger partial charge on any atom is 0.158 e. The van der Waals surface area contributed by atoms with Gasteiger partial charge in [-0.05, 0) is 50.6 Å². The Labute approximate surface area is 173 Å². The number of alkyl halides is 1. The van der Waals surface area contributed by atoms with E-state index >= 15 is 0 Å².